The molecule has 0 fully saturated rings. The van der Waals surface area contributed by atoms with Crippen LogP contribution in [-0.4, -0.2) is 14.2 Å². The third kappa shape index (κ3) is 3.55. The lowest BCUT2D eigenvalue weighted by Crippen LogP contribution is -2.05. The monoisotopic (exact) mass is 265 g/mol. The van der Waals surface area contributed by atoms with Gasteiger partial charge in [0, 0.05) is 11.0 Å². The van der Waals surface area contributed by atoms with Gasteiger partial charge in [0.2, 0.25) is 0 Å². The summed E-state index contributed by atoms with van der Waals surface area (Å²) in [5.74, 6) is 0.892. The van der Waals surface area contributed by atoms with Crippen molar-refractivity contribution in [3.05, 3.63) is 28.2 Å². The Labute approximate surface area is 93.2 Å². The summed E-state index contributed by atoms with van der Waals surface area (Å²) in [4.78, 5) is 0. The summed E-state index contributed by atoms with van der Waals surface area (Å²) in [5, 5.41) is 3.09. The third-order valence-corrected chi connectivity index (χ3v) is 2.39. The van der Waals surface area contributed by atoms with Crippen molar-refractivity contribution >= 4 is 28.3 Å². The number of ether oxygens (including phenoxy) is 1. The minimum absolute atomic E-state index is 0. The Morgan fingerprint density at radius 3 is 2.69 bits per heavy atom. The molecule has 0 saturated carbocycles. The maximum absolute atomic E-state index is 5.11. The molecule has 4 heteroatoms. The zero-order valence-electron chi connectivity index (χ0n) is 7.63. The van der Waals surface area contributed by atoms with E-state index in [1.807, 2.05) is 25.2 Å². The van der Waals surface area contributed by atoms with Crippen LogP contribution in [-0.2, 0) is 6.54 Å². The fourth-order valence-electron chi connectivity index (χ4n) is 1.00. The van der Waals surface area contributed by atoms with Crippen LogP contribution in [0.3, 0.4) is 0 Å². The zero-order chi connectivity index (χ0) is 8.97. The first kappa shape index (κ1) is 12.8. The summed E-state index contributed by atoms with van der Waals surface area (Å²) in [6.07, 6.45) is 0. The van der Waals surface area contributed by atoms with Gasteiger partial charge in [0.1, 0.15) is 5.75 Å². The number of hydrogen-bond acceptors (Lipinski definition) is 2. The average Bonchev–Trinajstić information content (AvgIpc) is 2.09. The van der Waals surface area contributed by atoms with Crippen LogP contribution < -0.4 is 10.1 Å². The molecule has 0 spiro atoms. The standard InChI is InChI=1S/C9H12BrNO.ClH/c1-11-6-7-5-8(12-2)3-4-9(7)10;/h3-5,11H,6H2,1-2H3;1H. The average molecular weight is 267 g/mol. The van der Waals surface area contributed by atoms with E-state index in [4.69, 9.17) is 4.74 Å². The molecular weight excluding hydrogens is 253 g/mol. The first-order chi connectivity index (χ1) is 5.77. The second kappa shape index (κ2) is 6.24. The van der Waals surface area contributed by atoms with Gasteiger partial charge in [0.05, 0.1) is 7.11 Å². The largest absolute Gasteiger partial charge is 0.497 e. The van der Waals surface area contributed by atoms with Crippen LogP contribution in [0, 0.1) is 0 Å². The SMILES string of the molecule is CNCc1cc(OC)ccc1Br.Cl. The summed E-state index contributed by atoms with van der Waals surface area (Å²) in [7, 11) is 3.60. The quantitative estimate of drug-likeness (QED) is 0.908. The van der Waals surface area contributed by atoms with Gasteiger partial charge in [-0.2, -0.15) is 0 Å². The number of rotatable bonds is 3. The Morgan fingerprint density at radius 2 is 2.15 bits per heavy atom. The number of benzene rings is 1. The Bertz CT molecular complexity index is 268. The van der Waals surface area contributed by atoms with E-state index >= 15 is 0 Å². The summed E-state index contributed by atoms with van der Waals surface area (Å²) in [6, 6.07) is 5.94. The van der Waals surface area contributed by atoms with E-state index in [9.17, 15) is 0 Å². The second-order valence-corrected chi connectivity index (χ2v) is 3.34. The maximum atomic E-state index is 5.11. The van der Waals surface area contributed by atoms with Gasteiger partial charge in [0.25, 0.3) is 0 Å². The predicted octanol–water partition coefficient (Wildman–Crippen LogP) is 2.60. The fraction of sp³-hybridized carbons (Fsp3) is 0.333. The number of halogens is 2. The third-order valence-electron chi connectivity index (χ3n) is 1.62. The van der Waals surface area contributed by atoms with Crippen LogP contribution in [0.15, 0.2) is 22.7 Å². The lowest BCUT2D eigenvalue weighted by molar-refractivity contribution is 0.414. The number of hydrogen-bond donors (Lipinski definition) is 1. The van der Waals surface area contributed by atoms with E-state index < -0.39 is 0 Å². The normalized spacial score (nSPS) is 9.15. The molecule has 0 aliphatic heterocycles. The molecule has 2 nitrogen and oxygen atoms in total. The molecule has 0 heterocycles. The molecule has 0 aliphatic rings. The van der Waals surface area contributed by atoms with E-state index in [-0.39, 0.29) is 12.4 Å². The Morgan fingerprint density at radius 1 is 1.46 bits per heavy atom. The second-order valence-electron chi connectivity index (χ2n) is 2.49. The Hall–Kier alpha value is -0.250. The molecule has 0 unspecified atom stereocenters. The Balaban J connectivity index is 0.00000144. The van der Waals surface area contributed by atoms with Crippen molar-refractivity contribution < 1.29 is 4.74 Å². The lowest BCUT2D eigenvalue weighted by atomic mass is 10.2. The highest BCUT2D eigenvalue weighted by molar-refractivity contribution is 9.10. The van der Waals surface area contributed by atoms with Crippen LogP contribution >= 0.6 is 28.3 Å². The topological polar surface area (TPSA) is 21.3 Å². The van der Waals surface area contributed by atoms with Crippen molar-refractivity contribution in [2.75, 3.05) is 14.2 Å². The first-order valence-electron chi connectivity index (χ1n) is 3.75. The van der Waals surface area contributed by atoms with E-state index in [0.717, 1.165) is 16.8 Å². The molecule has 13 heavy (non-hydrogen) atoms. The summed E-state index contributed by atoms with van der Waals surface area (Å²) in [6.45, 7) is 0.845. The highest BCUT2D eigenvalue weighted by Gasteiger charge is 1.99. The van der Waals surface area contributed by atoms with Gasteiger partial charge in [-0.1, -0.05) is 15.9 Å². The van der Waals surface area contributed by atoms with E-state index in [1.54, 1.807) is 7.11 Å². The Kier molecular flexibility index (Phi) is 6.12. The summed E-state index contributed by atoms with van der Waals surface area (Å²) >= 11 is 3.47. The highest BCUT2D eigenvalue weighted by Crippen LogP contribution is 2.21. The smallest absolute Gasteiger partial charge is 0.119 e. The number of methoxy groups -OCH3 is 1. The van der Waals surface area contributed by atoms with Gasteiger partial charge in [-0.3, -0.25) is 0 Å². The van der Waals surface area contributed by atoms with Gasteiger partial charge >= 0.3 is 0 Å². The van der Waals surface area contributed by atoms with Crippen LogP contribution in [0.5, 0.6) is 5.75 Å². The van der Waals surface area contributed by atoms with Crippen molar-refractivity contribution in [1.82, 2.24) is 5.32 Å². The van der Waals surface area contributed by atoms with Crippen LogP contribution in [0.4, 0.5) is 0 Å². The molecule has 0 aliphatic carbocycles. The van der Waals surface area contributed by atoms with E-state index in [2.05, 4.69) is 21.2 Å². The van der Waals surface area contributed by atoms with Crippen LogP contribution in [0.25, 0.3) is 0 Å². The van der Waals surface area contributed by atoms with Crippen molar-refractivity contribution in [1.29, 1.82) is 0 Å². The van der Waals surface area contributed by atoms with Gasteiger partial charge < -0.3 is 10.1 Å². The molecule has 0 radical (unpaired) electrons. The lowest BCUT2D eigenvalue weighted by Gasteiger charge is -2.05. The van der Waals surface area contributed by atoms with Crippen LogP contribution in [0.2, 0.25) is 0 Å². The molecule has 1 N–H and O–H groups in total. The molecule has 0 bridgehead atoms. The molecular formula is C9H13BrClNO. The van der Waals surface area contributed by atoms with E-state index in [0.29, 0.717) is 0 Å². The molecule has 0 aromatic heterocycles. The molecule has 1 aromatic rings. The van der Waals surface area contributed by atoms with Crippen LogP contribution in [0.1, 0.15) is 5.56 Å². The minimum atomic E-state index is 0. The van der Waals surface area contributed by atoms with E-state index in [1.165, 1.54) is 5.56 Å². The van der Waals surface area contributed by atoms with Crippen molar-refractivity contribution in [2.45, 2.75) is 6.54 Å². The first-order valence-corrected chi connectivity index (χ1v) is 4.54. The van der Waals surface area contributed by atoms with Gasteiger partial charge in [-0.15, -0.1) is 12.4 Å². The summed E-state index contributed by atoms with van der Waals surface area (Å²) < 4.78 is 6.22. The fourth-order valence-corrected chi connectivity index (χ4v) is 1.39. The number of nitrogens with one attached hydrogen (secondary N) is 1. The van der Waals surface area contributed by atoms with Gasteiger partial charge in [-0.25, -0.2) is 0 Å². The van der Waals surface area contributed by atoms with Crippen molar-refractivity contribution in [3.63, 3.8) is 0 Å². The molecule has 74 valence electrons. The van der Waals surface area contributed by atoms with Gasteiger partial charge in [-0.05, 0) is 30.8 Å². The zero-order valence-corrected chi connectivity index (χ0v) is 10.0. The molecule has 0 amide bonds. The maximum Gasteiger partial charge on any atom is 0.119 e. The molecule has 0 saturated heterocycles. The van der Waals surface area contributed by atoms with Gasteiger partial charge in [0.15, 0.2) is 0 Å². The predicted molar refractivity (Wildman–Crippen MR) is 60.7 cm³/mol. The molecule has 0 atom stereocenters. The van der Waals surface area contributed by atoms with Crippen molar-refractivity contribution in [2.24, 2.45) is 0 Å². The van der Waals surface area contributed by atoms with Crippen molar-refractivity contribution in [3.8, 4) is 5.75 Å². The minimum Gasteiger partial charge on any atom is -0.497 e. The summed E-state index contributed by atoms with van der Waals surface area (Å²) in [5.41, 5.74) is 1.21. The molecule has 1 rings (SSSR count). The molecule has 1 aromatic carbocycles. The highest BCUT2D eigenvalue weighted by atomic mass is 79.9.